The van der Waals surface area contributed by atoms with Crippen LogP contribution in [0.4, 0.5) is 0 Å². The highest BCUT2D eigenvalue weighted by atomic mass is 16.7. The molecule has 0 radical (unpaired) electrons. The first-order valence-electron chi connectivity index (χ1n) is 5.21. The molecule has 1 fully saturated rings. The van der Waals surface area contributed by atoms with Crippen LogP contribution in [0.5, 0.6) is 5.75 Å². The third kappa shape index (κ3) is 2.30. The highest BCUT2D eigenvalue weighted by molar-refractivity contribution is 5.34. The first kappa shape index (κ1) is 10.5. The summed E-state index contributed by atoms with van der Waals surface area (Å²) >= 11 is 0. The van der Waals surface area contributed by atoms with Crippen molar-refractivity contribution in [3.63, 3.8) is 0 Å². The van der Waals surface area contributed by atoms with E-state index in [9.17, 15) is 0 Å². The van der Waals surface area contributed by atoms with E-state index in [-0.39, 0.29) is 12.4 Å². The molecule has 1 heterocycles. The van der Waals surface area contributed by atoms with E-state index >= 15 is 0 Å². The average molecular weight is 208 g/mol. The van der Waals surface area contributed by atoms with Gasteiger partial charge < -0.3 is 14.2 Å². The Morgan fingerprint density at radius 1 is 1.33 bits per heavy atom. The second-order valence-electron chi connectivity index (χ2n) is 3.68. The normalized spacial score (nSPS) is 26.3. The van der Waals surface area contributed by atoms with Gasteiger partial charge in [0.25, 0.3) is 0 Å². The molecule has 0 saturated carbocycles. The molecule has 82 valence electrons. The van der Waals surface area contributed by atoms with E-state index in [0.717, 1.165) is 24.3 Å². The zero-order valence-electron chi connectivity index (χ0n) is 9.10. The average Bonchev–Trinajstić information content (AvgIpc) is 2.29. The Hall–Kier alpha value is -1.06. The Labute approximate surface area is 90.0 Å². The van der Waals surface area contributed by atoms with Gasteiger partial charge in [-0.15, -0.1) is 0 Å². The van der Waals surface area contributed by atoms with Gasteiger partial charge >= 0.3 is 0 Å². The summed E-state index contributed by atoms with van der Waals surface area (Å²) in [6.07, 6.45) is 0.907. The minimum Gasteiger partial charge on any atom is -0.496 e. The molecule has 1 aromatic rings. The SMILES string of the molecule is COc1ccccc1C1OCCC(C)O1. The Kier molecular flexibility index (Phi) is 3.23. The van der Waals surface area contributed by atoms with Crippen molar-refractivity contribution in [2.45, 2.75) is 25.7 Å². The van der Waals surface area contributed by atoms with E-state index in [1.54, 1.807) is 7.11 Å². The number of ether oxygens (including phenoxy) is 3. The molecule has 1 aliphatic rings. The van der Waals surface area contributed by atoms with Crippen molar-refractivity contribution < 1.29 is 14.2 Å². The summed E-state index contributed by atoms with van der Waals surface area (Å²) in [5, 5.41) is 0. The molecular formula is C12H16O3. The van der Waals surface area contributed by atoms with Crippen molar-refractivity contribution in [3.8, 4) is 5.75 Å². The zero-order valence-corrected chi connectivity index (χ0v) is 9.10. The van der Waals surface area contributed by atoms with E-state index in [1.807, 2.05) is 24.3 Å². The number of methoxy groups -OCH3 is 1. The first-order valence-corrected chi connectivity index (χ1v) is 5.21. The molecular weight excluding hydrogens is 192 g/mol. The standard InChI is InChI=1S/C12H16O3/c1-9-7-8-14-12(15-9)10-5-3-4-6-11(10)13-2/h3-6,9,12H,7-8H2,1-2H3. The van der Waals surface area contributed by atoms with E-state index in [0.29, 0.717) is 0 Å². The van der Waals surface area contributed by atoms with Crippen LogP contribution in [0.2, 0.25) is 0 Å². The Balaban J connectivity index is 2.20. The summed E-state index contributed by atoms with van der Waals surface area (Å²) in [5.41, 5.74) is 0.964. The van der Waals surface area contributed by atoms with Crippen molar-refractivity contribution in [3.05, 3.63) is 29.8 Å². The molecule has 1 saturated heterocycles. The molecule has 1 aromatic carbocycles. The fourth-order valence-corrected chi connectivity index (χ4v) is 1.68. The third-order valence-electron chi connectivity index (χ3n) is 2.54. The molecule has 2 rings (SSSR count). The van der Waals surface area contributed by atoms with Gasteiger partial charge in [0, 0.05) is 5.56 Å². The Bertz CT molecular complexity index is 324. The van der Waals surface area contributed by atoms with Gasteiger partial charge in [0.2, 0.25) is 0 Å². The second-order valence-corrected chi connectivity index (χ2v) is 3.68. The number of rotatable bonds is 2. The zero-order chi connectivity index (χ0) is 10.7. The van der Waals surface area contributed by atoms with Crippen molar-refractivity contribution in [1.29, 1.82) is 0 Å². The first-order chi connectivity index (χ1) is 7.31. The topological polar surface area (TPSA) is 27.7 Å². The second kappa shape index (κ2) is 4.64. The van der Waals surface area contributed by atoms with Gasteiger partial charge in [-0.25, -0.2) is 0 Å². The molecule has 3 nitrogen and oxygen atoms in total. The summed E-state index contributed by atoms with van der Waals surface area (Å²) < 4.78 is 16.6. The molecule has 0 aliphatic carbocycles. The van der Waals surface area contributed by atoms with Crippen LogP contribution in [0.25, 0.3) is 0 Å². The van der Waals surface area contributed by atoms with Crippen LogP contribution in [-0.4, -0.2) is 19.8 Å². The molecule has 1 aliphatic heterocycles. The summed E-state index contributed by atoms with van der Waals surface area (Å²) in [5.74, 6) is 0.816. The number of para-hydroxylation sites is 1. The molecule has 0 bridgehead atoms. The minimum atomic E-state index is -0.287. The summed E-state index contributed by atoms with van der Waals surface area (Å²) in [6.45, 7) is 2.80. The van der Waals surface area contributed by atoms with E-state index < -0.39 is 0 Å². The monoisotopic (exact) mass is 208 g/mol. The summed E-state index contributed by atoms with van der Waals surface area (Å²) in [7, 11) is 1.66. The van der Waals surface area contributed by atoms with E-state index in [2.05, 4.69) is 6.92 Å². The quantitative estimate of drug-likeness (QED) is 0.747. The van der Waals surface area contributed by atoms with Crippen molar-refractivity contribution >= 4 is 0 Å². The van der Waals surface area contributed by atoms with Gasteiger partial charge in [-0.2, -0.15) is 0 Å². The minimum absolute atomic E-state index is 0.244. The molecule has 0 spiro atoms. The van der Waals surface area contributed by atoms with E-state index in [1.165, 1.54) is 0 Å². The number of hydrogen-bond acceptors (Lipinski definition) is 3. The lowest BCUT2D eigenvalue weighted by atomic mass is 10.1. The summed E-state index contributed by atoms with van der Waals surface area (Å²) in [6, 6.07) is 7.79. The van der Waals surface area contributed by atoms with E-state index in [4.69, 9.17) is 14.2 Å². The smallest absolute Gasteiger partial charge is 0.187 e. The Morgan fingerprint density at radius 3 is 2.87 bits per heavy atom. The number of hydrogen-bond donors (Lipinski definition) is 0. The lowest BCUT2D eigenvalue weighted by molar-refractivity contribution is -0.212. The molecule has 2 unspecified atom stereocenters. The third-order valence-corrected chi connectivity index (χ3v) is 2.54. The number of benzene rings is 1. The molecule has 0 aromatic heterocycles. The predicted molar refractivity (Wildman–Crippen MR) is 56.9 cm³/mol. The van der Waals surface area contributed by atoms with Crippen LogP contribution >= 0.6 is 0 Å². The van der Waals surface area contributed by atoms with Crippen LogP contribution in [-0.2, 0) is 9.47 Å². The van der Waals surface area contributed by atoms with Gasteiger partial charge in [0.05, 0.1) is 19.8 Å². The highest BCUT2D eigenvalue weighted by Crippen LogP contribution is 2.32. The molecule has 3 heteroatoms. The van der Waals surface area contributed by atoms with Crippen molar-refractivity contribution in [2.75, 3.05) is 13.7 Å². The lowest BCUT2D eigenvalue weighted by Gasteiger charge is -2.29. The fraction of sp³-hybridized carbons (Fsp3) is 0.500. The fourth-order valence-electron chi connectivity index (χ4n) is 1.68. The molecule has 15 heavy (non-hydrogen) atoms. The van der Waals surface area contributed by atoms with Gasteiger partial charge in [-0.3, -0.25) is 0 Å². The van der Waals surface area contributed by atoms with Crippen LogP contribution in [0, 0.1) is 0 Å². The van der Waals surface area contributed by atoms with Gasteiger partial charge in [-0.1, -0.05) is 18.2 Å². The highest BCUT2D eigenvalue weighted by Gasteiger charge is 2.23. The van der Waals surface area contributed by atoms with Crippen LogP contribution < -0.4 is 4.74 Å². The maximum absolute atomic E-state index is 5.71. The van der Waals surface area contributed by atoms with Crippen molar-refractivity contribution in [2.24, 2.45) is 0 Å². The van der Waals surface area contributed by atoms with Gasteiger partial charge in [0.15, 0.2) is 6.29 Å². The largest absolute Gasteiger partial charge is 0.496 e. The van der Waals surface area contributed by atoms with Crippen molar-refractivity contribution in [1.82, 2.24) is 0 Å². The Morgan fingerprint density at radius 2 is 2.13 bits per heavy atom. The van der Waals surface area contributed by atoms with Crippen LogP contribution in [0.15, 0.2) is 24.3 Å². The van der Waals surface area contributed by atoms with Gasteiger partial charge in [-0.05, 0) is 19.4 Å². The predicted octanol–water partition coefficient (Wildman–Crippen LogP) is 2.52. The maximum atomic E-state index is 5.71. The molecule has 2 atom stereocenters. The van der Waals surface area contributed by atoms with Crippen LogP contribution in [0.3, 0.4) is 0 Å². The molecule has 0 amide bonds. The lowest BCUT2D eigenvalue weighted by Crippen LogP contribution is -2.24. The maximum Gasteiger partial charge on any atom is 0.187 e. The summed E-state index contributed by atoms with van der Waals surface area (Å²) in [4.78, 5) is 0. The van der Waals surface area contributed by atoms with Crippen LogP contribution in [0.1, 0.15) is 25.2 Å². The molecule has 0 N–H and O–H groups in total. The van der Waals surface area contributed by atoms with Gasteiger partial charge in [0.1, 0.15) is 5.75 Å².